The van der Waals surface area contributed by atoms with Gasteiger partial charge >= 0.3 is 17.9 Å². The zero-order valence-corrected chi connectivity index (χ0v) is 46.7. The van der Waals surface area contributed by atoms with Gasteiger partial charge in [-0.05, 0) is 122 Å². The van der Waals surface area contributed by atoms with E-state index in [1.54, 1.807) is 0 Å². The largest absolute Gasteiger partial charge is 0.462 e. The Morgan fingerprint density at radius 1 is 0.282 bits per heavy atom. The number of hydrogen-bond acceptors (Lipinski definition) is 6. The van der Waals surface area contributed by atoms with E-state index in [2.05, 4.69) is 106 Å². The molecule has 0 radical (unpaired) electrons. The molecule has 0 spiro atoms. The molecule has 0 aliphatic rings. The second-order valence-electron chi connectivity index (χ2n) is 19.9. The van der Waals surface area contributed by atoms with Crippen molar-refractivity contribution in [3.63, 3.8) is 0 Å². The molecular weight excluding hydrogens is 877 g/mol. The number of esters is 3. The highest BCUT2D eigenvalue weighted by molar-refractivity contribution is 5.71. The van der Waals surface area contributed by atoms with E-state index in [4.69, 9.17) is 14.2 Å². The predicted octanol–water partition coefficient (Wildman–Crippen LogP) is 20.3. The zero-order valence-electron chi connectivity index (χ0n) is 46.7. The Morgan fingerprint density at radius 3 is 0.831 bits per heavy atom. The summed E-state index contributed by atoms with van der Waals surface area (Å²) in [7, 11) is 0. The normalized spacial score (nSPS) is 12.7. The van der Waals surface area contributed by atoms with Crippen molar-refractivity contribution in [1.29, 1.82) is 0 Å². The van der Waals surface area contributed by atoms with E-state index < -0.39 is 6.10 Å². The molecule has 0 aliphatic heterocycles. The highest BCUT2D eigenvalue weighted by Gasteiger charge is 2.19. The Hall–Kier alpha value is -3.41. The standard InChI is InChI=1S/C65H112O6/c1-4-7-10-13-16-19-22-25-28-31-32-35-37-40-43-46-49-52-55-58-64(67)70-61-62(71-65(68)59-56-53-50-47-44-41-38-34-30-27-24-21-18-15-12-9-6-3)60-69-63(66)57-54-51-48-45-42-39-36-33-29-26-23-20-17-14-11-8-5-2/h17-18,20-21,25-30,36,38-39,41,62H,4-16,19,22-24,31-35,37,40,42-61H2,1-3H3/b20-17-,21-18-,28-25-,29-26-,30-27-,39-36-,41-38-/t62-/m1/s1. The van der Waals surface area contributed by atoms with Crippen molar-refractivity contribution >= 4 is 17.9 Å². The minimum Gasteiger partial charge on any atom is -0.462 e. The van der Waals surface area contributed by atoms with Crippen molar-refractivity contribution in [2.45, 2.75) is 297 Å². The maximum atomic E-state index is 12.9. The van der Waals surface area contributed by atoms with Gasteiger partial charge in [0.15, 0.2) is 6.10 Å². The summed E-state index contributed by atoms with van der Waals surface area (Å²) < 4.78 is 16.9. The highest BCUT2D eigenvalue weighted by Crippen LogP contribution is 2.15. The molecule has 1 atom stereocenters. The first kappa shape index (κ1) is 67.6. The Balaban J connectivity index is 4.45. The van der Waals surface area contributed by atoms with Gasteiger partial charge in [0, 0.05) is 19.3 Å². The van der Waals surface area contributed by atoms with Crippen LogP contribution in [0.2, 0.25) is 0 Å². The fourth-order valence-electron chi connectivity index (χ4n) is 8.27. The number of allylic oxidation sites excluding steroid dienone is 14. The van der Waals surface area contributed by atoms with Gasteiger partial charge in [-0.3, -0.25) is 14.4 Å². The average Bonchev–Trinajstić information content (AvgIpc) is 3.37. The van der Waals surface area contributed by atoms with E-state index in [0.29, 0.717) is 19.3 Å². The summed E-state index contributed by atoms with van der Waals surface area (Å²) in [6.07, 6.45) is 77.1. The van der Waals surface area contributed by atoms with Crippen LogP contribution in [0.1, 0.15) is 290 Å². The van der Waals surface area contributed by atoms with Crippen LogP contribution in [0.4, 0.5) is 0 Å². The summed E-state index contributed by atoms with van der Waals surface area (Å²) in [6, 6.07) is 0. The van der Waals surface area contributed by atoms with Gasteiger partial charge in [0.2, 0.25) is 0 Å². The van der Waals surface area contributed by atoms with Crippen LogP contribution in [0.15, 0.2) is 85.1 Å². The fraction of sp³-hybridized carbons (Fsp3) is 0.738. The Morgan fingerprint density at radius 2 is 0.507 bits per heavy atom. The van der Waals surface area contributed by atoms with Crippen LogP contribution in [0.25, 0.3) is 0 Å². The first-order chi connectivity index (χ1) is 35.0. The van der Waals surface area contributed by atoms with Gasteiger partial charge in [-0.25, -0.2) is 0 Å². The molecule has 408 valence electrons. The average molecular weight is 990 g/mol. The number of unbranched alkanes of at least 4 members (excludes halogenated alkanes) is 29. The Bertz CT molecular complexity index is 1370. The monoisotopic (exact) mass is 989 g/mol. The van der Waals surface area contributed by atoms with Crippen LogP contribution in [-0.2, 0) is 28.6 Å². The van der Waals surface area contributed by atoms with E-state index in [9.17, 15) is 14.4 Å². The molecule has 0 aromatic rings. The van der Waals surface area contributed by atoms with Gasteiger partial charge in [-0.2, -0.15) is 0 Å². The van der Waals surface area contributed by atoms with E-state index in [-0.39, 0.29) is 31.1 Å². The molecule has 0 N–H and O–H groups in total. The predicted molar refractivity (Wildman–Crippen MR) is 307 cm³/mol. The maximum absolute atomic E-state index is 12.9. The van der Waals surface area contributed by atoms with Crippen molar-refractivity contribution in [3.05, 3.63) is 85.1 Å². The molecule has 0 aromatic heterocycles. The summed E-state index contributed by atoms with van der Waals surface area (Å²) in [6.45, 7) is 6.56. The van der Waals surface area contributed by atoms with E-state index in [1.165, 1.54) is 141 Å². The molecule has 0 aliphatic carbocycles. The van der Waals surface area contributed by atoms with Gasteiger partial charge < -0.3 is 14.2 Å². The quantitative estimate of drug-likeness (QED) is 0.0261. The Kier molecular flexibility index (Phi) is 56.3. The van der Waals surface area contributed by atoms with E-state index in [1.807, 2.05) is 0 Å². The third-order valence-electron chi connectivity index (χ3n) is 12.8. The summed E-state index contributed by atoms with van der Waals surface area (Å²) in [5.74, 6) is -0.932. The van der Waals surface area contributed by atoms with Crippen LogP contribution in [0.3, 0.4) is 0 Å². The van der Waals surface area contributed by atoms with Crippen molar-refractivity contribution in [2.24, 2.45) is 0 Å². The molecule has 0 bridgehead atoms. The number of hydrogen-bond donors (Lipinski definition) is 0. The third kappa shape index (κ3) is 57.4. The molecule has 0 fully saturated rings. The smallest absolute Gasteiger partial charge is 0.306 e. The minimum absolute atomic E-state index is 0.0937. The maximum Gasteiger partial charge on any atom is 0.306 e. The van der Waals surface area contributed by atoms with Crippen molar-refractivity contribution in [3.8, 4) is 0 Å². The molecule has 0 aromatic carbocycles. The van der Waals surface area contributed by atoms with Gasteiger partial charge in [0.25, 0.3) is 0 Å². The third-order valence-corrected chi connectivity index (χ3v) is 12.8. The SMILES string of the molecule is CCCCC/C=C\C/C=C\C/C=C\CCCCCCC(=O)OC[C@H](COC(=O)CCCCCCCCCCC/C=C\CCCCCCCC)OC(=O)CCCCCC/C=C\C/C=C\C/C=C\CCCCC. The molecule has 6 nitrogen and oxygen atoms in total. The zero-order chi connectivity index (χ0) is 51.4. The van der Waals surface area contributed by atoms with Gasteiger partial charge in [-0.15, -0.1) is 0 Å². The number of ether oxygens (including phenoxy) is 3. The molecule has 0 amide bonds. The van der Waals surface area contributed by atoms with Crippen molar-refractivity contribution in [2.75, 3.05) is 13.2 Å². The van der Waals surface area contributed by atoms with Crippen LogP contribution >= 0.6 is 0 Å². The lowest BCUT2D eigenvalue weighted by molar-refractivity contribution is -0.167. The first-order valence-electron chi connectivity index (χ1n) is 30.1. The highest BCUT2D eigenvalue weighted by atomic mass is 16.6. The molecule has 71 heavy (non-hydrogen) atoms. The molecule has 0 rings (SSSR count). The van der Waals surface area contributed by atoms with Crippen LogP contribution < -0.4 is 0 Å². The number of carbonyl (C=O) groups is 3. The molecule has 0 saturated heterocycles. The van der Waals surface area contributed by atoms with Crippen LogP contribution in [0, 0.1) is 0 Å². The second-order valence-corrected chi connectivity index (χ2v) is 19.9. The first-order valence-corrected chi connectivity index (χ1v) is 30.1. The van der Waals surface area contributed by atoms with Gasteiger partial charge in [0.1, 0.15) is 13.2 Å². The van der Waals surface area contributed by atoms with Crippen molar-refractivity contribution < 1.29 is 28.6 Å². The fourth-order valence-corrected chi connectivity index (χ4v) is 8.27. The van der Waals surface area contributed by atoms with Crippen LogP contribution in [-0.4, -0.2) is 37.2 Å². The number of carbonyl (C=O) groups excluding carboxylic acids is 3. The van der Waals surface area contributed by atoms with Crippen molar-refractivity contribution in [1.82, 2.24) is 0 Å². The van der Waals surface area contributed by atoms with Gasteiger partial charge in [-0.1, -0.05) is 234 Å². The number of rotatable bonds is 54. The lowest BCUT2D eigenvalue weighted by atomic mass is 10.1. The molecule has 0 unspecified atom stereocenters. The summed E-state index contributed by atoms with van der Waals surface area (Å²) in [5, 5.41) is 0. The summed E-state index contributed by atoms with van der Waals surface area (Å²) >= 11 is 0. The lowest BCUT2D eigenvalue weighted by Gasteiger charge is -2.18. The van der Waals surface area contributed by atoms with Crippen LogP contribution in [0.5, 0.6) is 0 Å². The van der Waals surface area contributed by atoms with E-state index >= 15 is 0 Å². The van der Waals surface area contributed by atoms with Gasteiger partial charge in [0.05, 0.1) is 0 Å². The lowest BCUT2D eigenvalue weighted by Crippen LogP contribution is -2.30. The summed E-state index contributed by atoms with van der Waals surface area (Å²) in [5.41, 5.74) is 0. The molecule has 6 heteroatoms. The molecule has 0 saturated carbocycles. The molecular formula is C65H112O6. The van der Waals surface area contributed by atoms with E-state index in [0.717, 1.165) is 109 Å². The summed E-state index contributed by atoms with van der Waals surface area (Å²) in [4.78, 5) is 38.2. The molecule has 0 heterocycles. The minimum atomic E-state index is -0.800. The topological polar surface area (TPSA) is 78.9 Å². The second kappa shape index (κ2) is 59.2. The Labute approximate surface area is 439 Å².